The van der Waals surface area contributed by atoms with Gasteiger partial charge in [-0.15, -0.1) is 0 Å². The van der Waals surface area contributed by atoms with Gasteiger partial charge in [-0.2, -0.15) is 10.1 Å². The normalized spacial score (nSPS) is 10.8. The minimum Gasteiger partial charge on any atom is -0.495 e. The number of hydrogen-bond donors (Lipinski definition) is 2. The molecule has 0 atom stereocenters. The van der Waals surface area contributed by atoms with Gasteiger partial charge in [-0.05, 0) is 19.1 Å². The zero-order valence-corrected chi connectivity index (χ0v) is 12.4. The molecule has 1 aromatic carbocycles. The summed E-state index contributed by atoms with van der Waals surface area (Å²) >= 11 is 6.07. The molecule has 0 radical (unpaired) electrons. The van der Waals surface area contributed by atoms with Crippen molar-refractivity contribution < 1.29 is 4.74 Å². The van der Waals surface area contributed by atoms with E-state index in [1.807, 2.05) is 19.1 Å². The van der Waals surface area contributed by atoms with Crippen LogP contribution in [0.2, 0.25) is 5.02 Å². The van der Waals surface area contributed by atoms with Crippen LogP contribution >= 0.6 is 11.6 Å². The SMILES string of the molecule is CCNc1nc(-c2ccc(Cl)c(OC)c2)c2cn[nH]c2n1. The third-order valence-electron chi connectivity index (χ3n) is 3.07. The number of halogens is 1. The number of fused-ring (bicyclic) bond motifs is 1. The van der Waals surface area contributed by atoms with E-state index in [2.05, 4.69) is 25.5 Å². The van der Waals surface area contributed by atoms with Crippen molar-refractivity contribution in [2.45, 2.75) is 6.92 Å². The molecule has 3 rings (SSSR count). The standard InChI is InChI=1S/C14H14ClN5O/c1-3-16-14-18-12(9-7-17-20-13(9)19-14)8-4-5-10(15)11(6-8)21-2/h4-7H,3H2,1-2H3,(H2,16,17,18,19,20). The Bertz CT molecular complexity index is 786. The van der Waals surface area contributed by atoms with Gasteiger partial charge < -0.3 is 10.1 Å². The summed E-state index contributed by atoms with van der Waals surface area (Å²) in [7, 11) is 1.59. The van der Waals surface area contributed by atoms with Gasteiger partial charge in [0.15, 0.2) is 5.65 Å². The lowest BCUT2D eigenvalue weighted by Gasteiger charge is -2.09. The molecule has 2 N–H and O–H groups in total. The lowest BCUT2D eigenvalue weighted by Crippen LogP contribution is -2.03. The molecule has 0 saturated carbocycles. The van der Waals surface area contributed by atoms with E-state index < -0.39 is 0 Å². The molecule has 0 spiro atoms. The Kier molecular flexibility index (Phi) is 3.62. The molecule has 7 heteroatoms. The van der Waals surface area contributed by atoms with Crippen molar-refractivity contribution in [3.05, 3.63) is 29.4 Å². The zero-order valence-electron chi connectivity index (χ0n) is 11.6. The van der Waals surface area contributed by atoms with Crippen LogP contribution in [0.5, 0.6) is 5.75 Å². The zero-order chi connectivity index (χ0) is 14.8. The van der Waals surface area contributed by atoms with Gasteiger partial charge in [0.25, 0.3) is 0 Å². The first-order chi connectivity index (χ1) is 10.2. The molecule has 0 aliphatic heterocycles. The molecule has 6 nitrogen and oxygen atoms in total. The quantitative estimate of drug-likeness (QED) is 0.774. The van der Waals surface area contributed by atoms with E-state index in [0.717, 1.165) is 23.2 Å². The summed E-state index contributed by atoms with van der Waals surface area (Å²) in [5.41, 5.74) is 2.36. The summed E-state index contributed by atoms with van der Waals surface area (Å²) in [5, 5.41) is 11.4. The second-order valence-electron chi connectivity index (χ2n) is 4.41. The highest BCUT2D eigenvalue weighted by atomic mass is 35.5. The number of H-pyrrole nitrogens is 1. The van der Waals surface area contributed by atoms with Gasteiger partial charge in [0.2, 0.25) is 5.95 Å². The van der Waals surface area contributed by atoms with Gasteiger partial charge in [-0.3, -0.25) is 5.10 Å². The number of nitrogens with one attached hydrogen (secondary N) is 2. The minimum atomic E-state index is 0.554. The number of ether oxygens (including phenoxy) is 1. The summed E-state index contributed by atoms with van der Waals surface area (Å²) in [6.45, 7) is 2.73. The summed E-state index contributed by atoms with van der Waals surface area (Å²) in [5.74, 6) is 1.16. The number of nitrogens with zero attached hydrogens (tertiary/aromatic N) is 3. The van der Waals surface area contributed by atoms with Crippen molar-refractivity contribution >= 4 is 28.6 Å². The Hall–Kier alpha value is -2.34. The highest BCUT2D eigenvalue weighted by Crippen LogP contribution is 2.32. The molecule has 108 valence electrons. The minimum absolute atomic E-state index is 0.554. The van der Waals surface area contributed by atoms with Crippen LogP contribution in [-0.4, -0.2) is 33.8 Å². The Morgan fingerprint density at radius 2 is 2.19 bits per heavy atom. The van der Waals surface area contributed by atoms with Crippen molar-refractivity contribution in [2.24, 2.45) is 0 Å². The first-order valence-electron chi connectivity index (χ1n) is 6.51. The summed E-state index contributed by atoms with van der Waals surface area (Å²) in [6, 6.07) is 5.54. The number of hydrogen-bond acceptors (Lipinski definition) is 5. The second-order valence-corrected chi connectivity index (χ2v) is 4.81. The van der Waals surface area contributed by atoms with Gasteiger partial charge in [0.05, 0.1) is 29.4 Å². The van der Waals surface area contributed by atoms with E-state index in [-0.39, 0.29) is 0 Å². The highest BCUT2D eigenvalue weighted by Gasteiger charge is 2.13. The first-order valence-corrected chi connectivity index (χ1v) is 6.89. The summed E-state index contributed by atoms with van der Waals surface area (Å²) in [6.07, 6.45) is 1.71. The van der Waals surface area contributed by atoms with Crippen LogP contribution in [0.3, 0.4) is 0 Å². The topological polar surface area (TPSA) is 75.7 Å². The monoisotopic (exact) mass is 303 g/mol. The maximum Gasteiger partial charge on any atom is 0.225 e. The number of aromatic nitrogens is 4. The third kappa shape index (κ3) is 2.50. The Balaban J connectivity index is 2.20. The number of methoxy groups -OCH3 is 1. The lowest BCUT2D eigenvalue weighted by molar-refractivity contribution is 0.415. The van der Waals surface area contributed by atoms with Crippen molar-refractivity contribution in [1.29, 1.82) is 0 Å². The van der Waals surface area contributed by atoms with Crippen LogP contribution in [0.4, 0.5) is 5.95 Å². The number of aromatic amines is 1. The van der Waals surface area contributed by atoms with Gasteiger partial charge in [0.1, 0.15) is 5.75 Å². The largest absolute Gasteiger partial charge is 0.495 e. The van der Waals surface area contributed by atoms with Gasteiger partial charge >= 0.3 is 0 Å². The molecule has 0 aliphatic carbocycles. The van der Waals surface area contributed by atoms with Gasteiger partial charge in [-0.1, -0.05) is 17.7 Å². The van der Waals surface area contributed by atoms with Crippen LogP contribution in [-0.2, 0) is 0 Å². The van der Waals surface area contributed by atoms with Gasteiger partial charge in [-0.25, -0.2) is 4.98 Å². The number of anilines is 1. The van der Waals surface area contributed by atoms with E-state index in [1.54, 1.807) is 19.4 Å². The average Bonchev–Trinajstić information content (AvgIpc) is 2.96. The predicted octanol–water partition coefficient (Wildman–Crippen LogP) is 3.11. The van der Waals surface area contributed by atoms with E-state index in [1.165, 1.54) is 0 Å². The highest BCUT2D eigenvalue weighted by molar-refractivity contribution is 6.32. The van der Waals surface area contributed by atoms with Crippen LogP contribution < -0.4 is 10.1 Å². The molecular formula is C14H14ClN5O. The Morgan fingerprint density at radius 1 is 1.33 bits per heavy atom. The van der Waals surface area contributed by atoms with Crippen molar-refractivity contribution in [2.75, 3.05) is 19.0 Å². The molecule has 2 aromatic heterocycles. The molecule has 0 fully saturated rings. The maximum atomic E-state index is 6.07. The fourth-order valence-corrected chi connectivity index (χ4v) is 2.29. The first kappa shape index (κ1) is 13.6. The molecule has 2 heterocycles. The molecule has 21 heavy (non-hydrogen) atoms. The fraction of sp³-hybridized carbons (Fsp3) is 0.214. The fourth-order valence-electron chi connectivity index (χ4n) is 2.10. The van der Waals surface area contributed by atoms with Crippen molar-refractivity contribution in [3.8, 4) is 17.0 Å². The molecule has 0 bridgehead atoms. The van der Waals surface area contributed by atoms with E-state index in [0.29, 0.717) is 22.4 Å². The second kappa shape index (κ2) is 5.57. The summed E-state index contributed by atoms with van der Waals surface area (Å²) in [4.78, 5) is 8.93. The number of rotatable bonds is 4. The lowest BCUT2D eigenvalue weighted by atomic mass is 10.1. The van der Waals surface area contributed by atoms with E-state index in [9.17, 15) is 0 Å². The molecule has 0 aliphatic rings. The molecular weight excluding hydrogens is 290 g/mol. The predicted molar refractivity (Wildman–Crippen MR) is 82.8 cm³/mol. The van der Waals surface area contributed by atoms with Crippen LogP contribution in [0.25, 0.3) is 22.3 Å². The number of benzene rings is 1. The maximum absolute atomic E-state index is 6.07. The third-order valence-corrected chi connectivity index (χ3v) is 3.38. The van der Waals surface area contributed by atoms with E-state index >= 15 is 0 Å². The smallest absolute Gasteiger partial charge is 0.225 e. The Morgan fingerprint density at radius 3 is 2.95 bits per heavy atom. The van der Waals surface area contributed by atoms with Gasteiger partial charge in [0, 0.05) is 12.1 Å². The molecule has 0 saturated heterocycles. The molecule has 3 aromatic rings. The van der Waals surface area contributed by atoms with Crippen molar-refractivity contribution in [1.82, 2.24) is 20.2 Å². The molecule has 0 amide bonds. The summed E-state index contributed by atoms with van der Waals surface area (Å²) < 4.78 is 5.26. The van der Waals surface area contributed by atoms with E-state index in [4.69, 9.17) is 16.3 Å². The molecule has 0 unspecified atom stereocenters. The van der Waals surface area contributed by atoms with Crippen molar-refractivity contribution in [3.63, 3.8) is 0 Å². The van der Waals surface area contributed by atoms with Crippen LogP contribution in [0.15, 0.2) is 24.4 Å². The van der Waals surface area contributed by atoms with Crippen LogP contribution in [0.1, 0.15) is 6.92 Å². The average molecular weight is 304 g/mol. The Labute approximate surface area is 126 Å². The van der Waals surface area contributed by atoms with Crippen LogP contribution in [0, 0.1) is 0 Å².